The number of rotatable bonds is 3. The molecule has 0 aromatic carbocycles. The molecule has 0 bridgehead atoms. The highest BCUT2D eigenvalue weighted by Crippen LogP contribution is 2.21. The number of anilines is 1. The quantitative estimate of drug-likeness (QED) is 0.901. The lowest BCUT2D eigenvalue weighted by Crippen LogP contribution is -2.00. The van der Waals surface area contributed by atoms with Crippen molar-refractivity contribution in [2.45, 2.75) is 20.4 Å². The summed E-state index contributed by atoms with van der Waals surface area (Å²) >= 11 is 1.78. The second-order valence-electron chi connectivity index (χ2n) is 3.70. The number of thiophene rings is 1. The van der Waals surface area contributed by atoms with Crippen LogP contribution >= 0.6 is 11.3 Å². The molecule has 0 aliphatic rings. The van der Waals surface area contributed by atoms with Gasteiger partial charge in [0.2, 0.25) is 0 Å². The summed E-state index contributed by atoms with van der Waals surface area (Å²) in [5.41, 5.74) is 1.65. The fourth-order valence-electron chi connectivity index (χ4n) is 1.39. The van der Waals surface area contributed by atoms with Crippen molar-refractivity contribution in [1.29, 1.82) is 5.26 Å². The van der Waals surface area contributed by atoms with E-state index in [4.69, 9.17) is 5.26 Å². The maximum atomic E-state index is 8.60. The summed E-state index contributed by atoms with van der Waals surface area (Å²) in [5, 5.41) is 11.8. The molecule has 0 spiro atoms. The van der Waals surface area contributed by atoms with Crippen LogP contribution in [0.25, 0.3) is 0 Å². The number of aromatic nitrogens is 2. The highest BCUT2D eigenvalue weighted by atomic mass is 32.1. The lowest BCUT2D eigenvalue weighted by Gasteiger charge is -2.02. The summed E-state index contributed by atoms with van der Waals surface area (Å²) < 4.78 is 0. The summed E-state index contributed by atoms with van der Waals surface area (Å²) in [6.45, 7) is 4.96. The molecule has 17 heavy (non-hydrogen) atoms. The van der Waals surface area contributed by atoms with E-state index in [1.54, 1.807) is 17.5 Å². The molecule has 0 fully saturated rings. The molecule has 2 rings (SSSR count). The van der Waals surface area contributed by atoms with Gasteiger partial charge in [-0.2, -0.15) is 5.26 Å². The number of hydrogen-bond donors (Lipinski definition) is 1. The SMILES string of the molecule is Cc1cc(CNc2cnc(C#N)cn2)sc1C. The van der Waals surface area contributed by atoms with Gasteiger partial charge in [-0.25, -0.2) is 9.97 Å². The van der Waals surface area contributed by atoms with E-state index in [9.17, 15) is 0 Å². The van der Waals surface area contributed by atoms with Crippen LogP contribution in [0.3, 0.4) is 0 Å². The van der Waals surface area contributed by atoms with Gasteiger partial charge in [0, 0.05) is 9.75 Å². The van der Waals surface area contributed by atoms with Crippen molar-refractivity contribution >= 4 is 17.2 Å². The Morgan fingerprint density at radius 1 is 1.35 bits per heavy atom. The fraction of sp³-hybridized carbons (Fsp3) is 0.250. The maximum Gasteiger partial charge on any atom is 0.158 e. The zero-order valence-corrected chi connectivity index (χ0v) is 10.5. The van der Waals surface area contributed by atoms with Crippen molar-refractivity contribution in [3.05, 3.63) is 39.5 Å². The maximum absolute atomic E-state index is 8.60. The highest BCUT2D eigenvalue weighted by Gasteiger charge is 2.02. The minimum atomic E-state index is 0.332. The summed E-state index contributed by atoms with van der Waals surface area (Å²) in [5.74, 6) is 0.688. The third-order valence-corrected chi connectivity index (χ3v) is 3.58. The Balaban J connectivity index is 2.00. The first kappa shape index (κ1) is 11.6. The Morgan fingerprint density at radius 2 is 2.18 bits per heavy atom. The molecule has 86 valence electrons. The van der Waals surface area contributed by atoms with Crippen LogP contribution in [0, 0.1) is 25.2 Å². The van der Waals surface area contributed by atoms with Crippen LogP contribution < -0.4 is 5.32 Å². The molecular weight excluding hydrogens is 232 g/mol. The molecule has 2 aromatic heterocycles. The Hall–Kier alpha value is -1.93. The lowest BCUT2D eigenvalue weighted by atomic mass is 10.3. The van der Waals surface area contributed by atoms with Crippen molar-refractivity contribution < 1.29 is 0 Å². The first-order chi connectivity index (χ1) is 8.19. The van der Waals surface area contributed by atoms with Crippen LogP contribution in [0.2, 0.25) is 0 Å². The standard InChI is InChI=1S/C12H12N4S/c1-8-3-11(17-9(8)2)6-16-12-7-14-10(4-13)5-15-12/h3,5,7H,6H2,1-2H3,(H,15,16). The Labute approximate surface area is 104 Å². The monoisotopic (exact) mass is 244 g/mol. The van der Waals surface area contributed by atoms with E-state index in [-0.39, 0.29) is 0 Å². The summed E-state index contributed by atoms with van der Waals surface area (Å²) in [6, 6.07) is 4.11. The van der Waals surface area contributed by atoms with Crippen LogP contribution in [-0.2, 0) is 6.54 Å². The molecule has 0 aliphatic carbocycles. The van der Waals surface area contributed by atoms with E-state index >= 15 is 0 Å². The Kier molecular flexibility index (Phi) is 3.35. The van der Waals surface area contributed by atoms with Crippen molar-refractivity contribution in [2.75, 3.05) is 5.32 Å². The largest absolute Gasteiger partial charge is 0.364 e. The molecule has 0 saturated carbocycles. The number of hydrogen-bond acceptors (Lipinski definition) is 5. The second-order valence-corrected chi connectivity index (χ2v) is 5.05. The molecule has 0 saturated heterocycles. The number of aryl methyl sites for hydroxylation is 2. The van der Waals surface area contributed by atoms with Crippen LogP contribution in [0.1, 0.15) is 21.0 Å². The minimum Gasteiger partial charge on any atom is -0.364 e. The Morgan fingerprint density at radius 3 is 2.71 bits per heavy atom. The molecule has 4 nitrogen and oxygen atoms in total. The Bertz CT molecular complexity index is 531. The first-order valence-electron chi connectivity index (χ1n) is 5.21. The molecule has 5 heteroatoms. The van der Waals surface area contributed by atoms with Crippen molar-refractivity contribution in [1.82, 2.24) is 9.97 Å². The zero-order chi connectivity index (χ0) is 12.3. The molecule has 0 aliphatic heterocycles. The first-order valence-corrected chi connectivity index (χ1v) is 6.02. The summed E-state index contributed by atoms with van der Waals surface area (Å²) in [6.07, 6.45) is 3.04. The van der Waals surface area contributed by atoms with E-state index in [2.05, 4.69) is 35.2 Å². The van der Waals surface area contributed by atoms with Crippen molar-refractivity contribution in [2.24, 2.45) is 0 Å². The van der Waals surface area contributed by atoms with E-state index < -0.39 is 0 Å². The van der Waals surface area contributed by atoms with E-state index in [1.165, 1.54) is 21.5 Å². The van der Waals surface area contributed by atoms with Gasteiger partial charge < -0.3 is 5.32 Å². The lowest BCUT2D eigenvalue weighted by molar-refractivity contribution is 1.09. The molecule has 0 radical (unpaired) electrons. The van der Waals surface area contributed by atoms with Gasteiger partial charge in [0.05, 0.1) is 18.9 Å². The fourth-order valence-corrected chi connectivity index (χ4v) is 2.38. The average Bonchev–Trinajstić information content (AvgIpc) is 2.67. The number of nitrogens with zero attached hydrogens (tertiary/aromatic N) is 3. The molecule has 0 atom stereocenters. The number of nitriles is 1. The van der Waals surface area contributed by atoms with Gasteiger partial charge in [0.15, 0.2) is 5.69 Å². The zero-order valence-electron chi connectivity index (χ0n) is 9.69. The molecule has 0 unspecified atom stereocenters. The van der Waals surface area contributed by atoms with Gasteiger partial charge in [-0.1, -0.05) is 0 Å². The van der Waals surface area contributed by atoms with Gasteiger partial charge in [-0.3, -0.25) is 0 Å². The van der Waals surface area contributed by atoms with Crippen LogP contribution in [-0.4, -0.2) is 9.97 Å². The topological polar surface area (TPSA) is 61.6 Å². The van der Waals surface area contributed by atoms with E-state index in [0.29, 0.717) is 11.5 Å². The van der Waals surface area contributed by atoms with Crippen molar-refractivity contribution in [3.8, 4) is 6.07 Å². The predicted molar refractivity (Wildman–Crippen MR) is 67.9 cm³/mol. The third-order valence-electron chi connectivity index (χ3n) is 2.43. The molecular formula is C12H12N4S. The van der Waals surface area contributed by atoms with Crippen LogP contribution in [0.5, 0.6) is 0 Å². The smallest absolute Gasteiger partial charge is 0.158 e. The normalized spacial score (nSPS) is 9.94. The van der Waals surface area contributed by atoms with Crippen LogP contribution in [0.15, 0.2) is 18.5 Å². The third kappa shape index (κ3) is 2.80. The van der Waals surface area contributed by atoms with E-state index in [1.807, 2.05) is 6.07 Å². The van der Waals surface area contributed by atoms with Gasteiger partial charge in [0.25, 0.3) is 0 Å². The molecule has 2 aromatic rings. The summed E-state index contributed by atoms with van der Waals surface area (Å²) in [4.78, 5) is 10.7. The summed E-state index contributed by atoms with van der Waals surface area (Å²) in [7, 11) is 0. The van der Waals surface area contributed by atoms with Crippen LogP contribution in [0.4, 0.5) is 5.82 Å². The van der Waals surface area contributed by atoms with E-state index in [0.717, 1.165) is 6.54 Å². The highest BCUT2D eigenvalue weighted by molar-refractivity contribution is 7.12. The van der Waals surface area contributed by atoms with Gasteiger partial charge >= 0.3 is 0 Å². The van der Waals surface area contributed by atoms with Gasteiger partial charge in [-0.15, -0.1) is 11.3 Å². The van der Waals surface area contributed by atoms with Crippen molar-refractivity contribution in [3.63, 3.8) is 0 Å². The van der Waals surface area contributed by atoms with Gasteiger partial charge in [-0.05, 0) is 25.5 Å². The molecule has 1 N–H and O–H groups in total. The molecule has 0 amide bonds. The van der Waals surface area contributed by atoms with Gasteiger partial charge in [0.1, 0.15) is 11.9 Å². The number of nitrogens with one attached hydrogen (secondary N) is 1. The second kappa shape index (κ2) is 4.93. The predicted octanol–water partition coefficient (Wildman–Crippen LogP) is 2.64. The molecule has 2 heterocycles. The minimum absolute atomic E-state index is 0.332. The average molecular weight is 244 g/mol.